The fraction of sp³-hybridized carbons (Fsp3) is 0.269. The molecule has 1 spiro atoms. The molecular weight excluding hydrogens is 464 g/mol. The van der Waals surface area contributed by atoms with Gasteiger partial charge in [0, 0.05) is 53.2 Å². The van der Waals surface area contributed by atoms with Crippen LogP contribution in [0.25, 0.3) is 0 Å². The van der Waals surface area contributed by atoms with Crippen molar-refractivity contribution >= 4 is 34.8 Å². The molecule has 0 saturated carbocycles. The number of nitro groups is 1. The third-order valence-corrected chi connectivity index (χ3v) is 8.48. The highest BCUT2D eigenvalue weighted by Gasteiger charge is 2.69. The second-order valence-electron chi connectivity index (χ2n) is 9.24. The zero-order valence-corrected chi connectivity index (χ0v) is 19.7. The normalized spacial score (nSPS) is 27.0. The number of thioether (sulfide) groups is 1. The first kappa shape index (κ1) is 21.9. The molecule has 6 rings (SSSR count). The number of anilines is 1. The van der Waals surface area contributed by atoms with E-state index in [-0.39, 0.29) is 29.1 Å². The highest BCUT2D eigenvalue weighted by molar-refractivity contribution is 7.99. The minimum Gasteiger partial charge on any atom is -0.324 e. The molecule has 0 aliphatic carbocycles. The summed E-state index contributed by atoms with van der Waals surface area (Å²) in [5.41, 5.74) is 2.21. The van der Waals surface area contributed by atoms with E-state index >= 15 is 0 Å². The molecular formula is C26H22N4O4S. The van der Waals surface area contributed by atoms with E-state index in [1.54, 1.807) is 48.3 Å². The first-order chi connectivity index (χ1) is 16.9. The molecule has 1 amide bonds. The van der Waals surface area contributed by atoms with Gasteiger partial charge in [0.1, 0.15) is 11.2 Å². The molecule has 0 bridgehead atoms. The predicted octanol–water partition coefficient (Wildman–Crippen LogP) is 4.12. The van der Waals surface area contributed by atoms with Crippen LogP contribution in [0.2, 0.25) is 0 Å². The number of hydrogen-bond donors (Lipinski definition) is 1. The maximum absolute atomic E-state index is 14.3. The smallest absolute Gasteiger partial charge is 0.269 e. The summed E-state index contributed by atoms with van der Waals surface area (Å²) in [6, 6.07) is 17.3. The molecule has 1 aromatic heterocycles. The lowest BCUT2D eigenvalue weighted by Gasteiger charge is -2.36. The van der Waals surface area contributed by atoms with Crippen LogP contribution in [0.1, 0.15) is 33.1 Å². The van der Waals surface area contributed by atoms with Crippen LogP contribution in [0, 0.1) is 23.0 Å². The Hall–Kier alpha value is -3.56. The van der Waals surface area contributed by atoms with Crippen molar-refractivity contribution in [1.29, 1.82) is 0 Å². The van der Waals surface area contributed by atoms with Gasteiger partial charge >= 0.3 is 0 Å². The Balaban J connectivity index is 1.63. The number of benzene rings is 2. The first-order valence-electron chi connectivity index (χ1n) is 11.4. The average Bonchev–Trinajstić information content (AvgIpc) is 3.52. The number of carbonyl (C=O) groups is 2. The standard InChI is InChI=1S/C26H22N4O4S/c1-15-8-9-19-18(11-15)26(25(32)28-19)23(24(31)20-7-2-3-10-27-20)22(21-13-35-14-29(21)26)16-5-4-6-17(12-16)30(33)34/h2-12,21-23H,13-14H2,1H3,(H,28,32)/t21-,22+,23+,26-/m1/s1. The summed E-state index contributed by atoms with van der Waals surface area (Å²) in [4.78, 5) is 45.9. The molecule has 8 nitrogen and oxygen atoms in total. The zero-order valence-electron chi connectivity index (χ0n) is 18.9. The van der Waals surface area contributed by atoms with Crippen LogP contribution in [-0.4, -0.2) is 44.2 Å². The van der Waals surface area contributed by atoms with Gasteiger partial charge in [0.25, 0.3) is 5.69 Å². The molecule has 9 heteroatoms. The number of aromatic nitrogens is 1. The highest BCUT2D eigenvalue weighted by atomic mass is 32.2. The summed E-state index contributed by atoms with van der Waals surface area (Å²) in [6.07, 6.45) is 1.57. The summed E-state index contributed by atoms with van der Waals surface area (Å²) >= 11 is 1.71. The highest BCUT2D eigenvalue weighted by Crippen LogP contribution is 2.61. The molecule has 3 aromatic rings. The Morgan fingerprint density at radius 2 is 2.06 bits per heavy atom. The van der Waals surface area contributed by atoms with Crippen molar-refractivity contribution < 1.29 is 14.5 Å². The van der Waals surface area contributed by atoms with E-state index in [9.17, 15) is 19.7 Å². The van der Waals surface area contributed by atoms with E-state index in [1.165, 1.54) is 6.07 Å². The van der Waals surface area contributed by atoms with Crippen LogP contribution in [0.5, 0.6) is 0 Å². The Bertz CT molecular complexity index is 1380. The Morgan fingerprint density at radius 3 is 2.83 bits per heavy atom. The number of nitrogens with one attached hydrogen (secondary N) is 1. The topological polar surface area (TPSA) is 105 Å². The van der Waals surface area contributed by atoms with Crippen LogP contribution >= 0.6 is 11.8 Å². The Kier molecular flexibility index (Phi) is 5.01. The first-order valence-corrected chi connectivity index (χ1v) is 12.5. The van der Waals surface area contributed by atoms with Crippen molar-refractivity contribution in [2.75, 3.05) is 16.9 Å². The summed E-state index contributed by atoms with van der Waals surface area (Å²) in [5, 5.41) is 14.6. The number of fused-ring (bicyclic) bond motifs is 4. The SMILES string of the molecule is Cc1ccc2c(c1)[C@]1(C(=O)N2)[C@H](C(=O)c2ccccn2)[C@@H](c2cccc([N+](=O)[O-])c2)[C@H]2CSCN21. The summed E-state index contributed by atoms with van der Waals surface area (Å²) in [6.45, 7) is 1.97. The molecule has 35 heavy (non-hydrogen) atoms. The molecule has 3 aliphatic heterocycles. The minimum atomic E-state index is -1.22. The number of Topliss-reactive ketones (excluding diaryl/α,β-unsaturated/α-hetero) is 1. The maximum atomic E-state index is 14.3. The third kappa shape index (κ3) is 3.08. The molecule has 0 unspecified atom stereocenters. The van der Waals surface area contributed by atoms with Crippen molar-refractivity contribution in [3.8, 4) is 0 Å². The van der Waals surface area contributed by atoms with Gasteiger partial charge in [-0.05, 0) is 30.7 Å². The van der Waals surface area contributed by atoms with E-state index in [0.29, 0.717) is 17.1 Å². The van der Waals surface area contributed by atoms with E-state index in [0.717, 1.165) is 16.9 Å². The van der Waals surface area contributed by atoms with Gasteiger partial charge in [0.15, 0.2) is 5.78 Å². The number of nitrogens with zero attached hydrogens (tertiary/aromatic N) is 3. The zero-order chi connectivity index (χ0) is 24.3. The van der Waals surface area contributed by atoms with Crippen LogP contribution < -0.4 is 5.32 Å². The number of hydrogen-bond acceptors (Lipinski definition) is 7. The fourth-order valence-corrected chi connectivity index (χ4v) is 7.40. The Morgan fingerprint density at radius 1 is 1.20 bits per heavy atom. The largest absolute Gasteiger partial charge is 0.324 e. The number of carbonyl (C=O) groups excluding carboxylic acids is 2. The average molecular weight is 487 g/mol. The van der Waals surface area contributed by atoms with Crippen molar-refractivity contribution in [1.82, 2.24) is 9.88 Å². The second kappa shape index (κ2) is 8.00. The van der Waals surface area contributed by atoms with Crippen molar-refractivity contribution in [3.63, 3.8) is 0 Å². The summed E-state index contributed by atoms with van der Waals surface area (Å²) in [5.74, 6) is -0.373. The van der Waals surface area contributed by atoms with Gasteiger partial charge in [0.2, 0.25) is 5.91 Å². The lowest BCUT2D eigenvalue weighted by Crippen LogP contribution is -2.52. The van der Waals surface area contributed by atoms with Gasteiger partial charge in [-0.15, -0.1) is 11.8 Å². The number of non-ortho nitro benzene ring substituents is 1. The van der Waals surface area contributed by atoms with Gasteiger partial charge in [-0.3, -0.25) is 29.6 Å². The van der Waals surface area contributed by atoms with E-state index in [4.69, 9.17) is 0 Å². The van der Waals surface area contributed by atoms with Crippen LogP contribution in [-0.2, 0) is 10.3 Å². The molecule has 2 saturated heterocycles. The van der Waals surface area contributed by atoms with Crippen molar-refractivity contribution in [2.24, 2.45) is 5.92 Å². The van der Waals surface area contributed by atoms with Gasteiger partial charge in [-0.2, -0.15) is 0 Å². The monoisotopic (exact) mass is 486 g/mol. The van der Waals surface area contributed by atoms with Gasteiger partial charge in [-0.25, -0.2) is 0 Å². The number of amides is 1. The van der Waals surface area contributed by atoms with Gasteiger partial charge < -0.3 is 5.32 Å². The van der Waals surface area contributed by atoms with Gasteiger partial charge in [-0.1, -0.05) is 35.9 Å². The second-order valence-corrected chi connectivity index (χ2v) is 10.2. The maximum Gasteiger partial charge on any atom is 0.269 e. The summed E-state index contributed by atoms with van der Waals surface area (Å²) < 4.78 is 0. The quantitative estimate of drug-likeness (QED) is 0.336. The molecule has 4 atom stereocenters. The lowest BCUT2D eigenvalue weighted by molar-refractivity contribution is -0.384. The van der Waals surface area contributed by atoms with Crippen LogP contribution in [0.15, 0.2) is 66.9 Å². The van der Waals surface area contributed by atoms with E-state index < -0.39 is 22.3 Å². The molecule has 1 N–H and O–H groups in total. The number of rotatable bonds is 4. The third-order valence-electron chi connectivity index (χ3n) is 7.44. The lowest BCUT2D eigenvalue weighted by atomic mass is 9.70. The van der Waals surface area contributed by atoms with E-state index in [1.807, 2.05) is 31.2 Å². The molecule has 3 aliphatic rings. The van der Waals surface area contributed by atoms with E-state index in [2.05, 4.69) is 15.2 Å². The van der Waals surface area contributed by atoms with Crippen molar-refractivity contribution in [2.45, 2.75) is 24.4 Å². The van der Waals surface area contributed by atoms with Gasteiger partial charge in [0.05, 0.1) is 10.8 Å². The fourth-order valence-electron chi connectivity index (χ4n) is 6.08. The molecule has 4 heterocycles. The molecule has 176 valence electrons. The number of aryl methyl sites for hydroxylation is 1. The molecule has 2 fully saturated rings. The summed E-state index contributed by atoms with van der Waals surface area (Å²) in [7, 11) is 0. The molecule has 0 radical (unpaired) electrons. The minimum absolute atomic E-state index is 0.0307. The molecule has 2 aromatic carbocycles. The predicted molar refractivity (Wildman–Crippen MR) is 132 cm³/mol. The number of pyridine rings is 1. The van der Waals surface area contributed by atoms with Crippen LogP contribution in [0.4, 0.5) is 11.4 Å². The van der Waals surface area contributed by atoms with Crippen molar-refractivity contribution in [3.05, 3.63) is 99.4 Å². The number of nitro benzene ring substituents is 1. The van der Waals surface area contributed by atoms with Crippen LogP contribution in [0.3, 0.4) is 0 Å². The Labute approximate surface area is 205 Å². The number of ketones is 1.